The number of amides is 1. The second-order valence-corrected chi connectivity index (χ2v) is 7.62. The highest BCUT2D eigenvalue weighted by atomic mass is 32.2. The number of nitrogens with zero attached hydrogens (tertiary/aromatic N) is 3. The lowest BCUT2D eigenvalue weighted by Crippen LogP contribution is -2.24. The van der Waals surface area contributed by atoms with Crippen LogP contribution in [0.25, 0.3) is 10.2 Å². The average Bonchev–Trinajstić information content (AvgIpc) is 2.93. The minimum Gasteiger partial charge on any atom is -0.301 e. The van der Waals surface area contributed by atoms with Crippen LogP contribution in [0.4, 0.5) is 5.13 Å². The molecule has 0 saturated heterocycles. The van der Waals surface area contributed by atoms with Crippen LogP contribution < -0.4 is 5.32 Å². The highest BCUT2D eigenvalue weighted by Crippen LogP contribution is 2.28. The summed E-state index contributed by atoms with van der Waals surface area (Å²) in [5, 5.41) is 3.94. The first-order valence-corrected chi connectivity index (χ1v) is 9.40. The minimum absolute atomic E-state index is 0.0654. The van der Waals surface area contributed by atoms with Crippen LogP contribution in [0, 0.1) is 13.8 Å². The zero-order chi connectivity index (χ0) is 17.1. The van der Waals surface area contributed by atoms with E-state index in [-0.39, 0.29) is 11.2 Å². The Hall–Kier alpha value is -1.99. The van der Waals surface area contributed by atoms with E-state index in [0.29, 0.717) is 16.7 Å². The van der Waals surface area contributed by atoms with Crippen LogP contribution in [-0.2, 0) is 4.79 Å². The van der Waals surface area contributed by atoms with Crippen LogP contribution in [0.2, 0.25) is 0 Å². The predicted octanol–water partition coefficient (Wildman–Crippen LogP) is 4.21. The number of aryl methyl sites for hydroxylation is 2. The Bertz CT molecular complexity index is 825. The number of carbonyl (C=O) groups excluding carboxylic acids is 1. The van der Waals surface area contributed by atoms with Crippen molar-refractivity contribution in [3.05, 3.63) is 41.7 Å². The third-order valence-corrected chi connectivity index (χ3v) is 5.57. The summed E-state index contributed by atoms with van der Waals surface area (Å²) in [5.74, 6) is -0.0654. The summed E-state index contributed by atoms with van der Waals surface area (Å²) < 4.78 is 1.06. The summed E-state index contributed by atoms with van der Waals surface area (Å²) in [5.41, 5.74) is 2.72. The molecule has 2 heterocycles. The Morgan fingerprint density at radius 2 is 1.92 bits per heavy atom. The van der Waals surface area contributed by atoms with Crippen LogP contribution in [0.1, 0.15) is 24.7 Å². The molecule has 3 rings (SSSR count). The van der Waals surface area contributed by atoms with Gasteiger partial charge in [0.15, 0.2) is 10.3 Å². The van der Waals surface area contributed by atoms with E-state index in [4.69, 9.17) is 0 Å². The van der Waals surface area contributed by atoms with E-state index in [2.05, 4.69) is 20.3 Å². The molecule has 0 aliphatic heterocycles. The highest BCUT2D eigenvalue weighted by molar-refractivity contribution is 8.00. The largest absolute Gasteiger partial charge is 0.301 e. The average molecular weight is 358 g/mol. The van der Waals surface area contributed by atoms with Gasteiger partial charge in [0.05, 0.1) is 15.5 Å². The Morgan fingerprint density at radius 1 is 1.21 bits per heavy atom. The molecule has 24 heavy (non-hydrogen) atoms. The monoisotopic (exact) mass is 358 g/mol. The van der Waals surface area contributed by atoms with Crippen molar-refractivity contribution in [2.45, 2.75) is 37.6 Å². The molecule has 0 spiro atoms. The molecule has 0 radical (unpaired) electrons. The van der Waals surface area contributed by atoms with Gasteiger partial charge in [-0.2, -0.15) is 0 Å². The first kappa shape index (κ1) is 16.9. The van der Waals surface area contributed by atoms with Crippen LogP contribution in [-0.4, -0.2) is 26.1 Å². The second kappa shape index (κ2) is 7.27. The van der Waals surface area contributed by atoms with Crippen LogP contribution in [0.5, 0.6) is 0 Å². The molecule has 0 bridgehead atoms. The van der Waals surface area contributed by atoms with Gasteiger partial charge in [0, 0.05) is 11.4 Å². The molecule has 5 nitrogen and oxygen atoms in total. The van der Waals surface area contributed by atoms with Gasteiger partial charge in [-0.1, -0.05) is 42.2 Å². The minimum atomic E-state index is -0.252. The lowest BCUT2D eigenvalue weighted by atomic mass is 10.3. The first-order chi connectivity index (χ1) is 11.5. The topological polar surface area (TPSA) is 67.8 Å². The summed E-state index contributed by atoms with van der Waals surface area (Å²) >= 11 is 2.87. The molecule has 1 atom stereocenters. The first-order valence-electron chi connectivity index (χ1n) is 7.70. The summed E-state index contributed by atoms with van der Waals surface area (Å²) in [6.07, 6.45) is 0.692. The number of benzene rings is 1. The molecular weight excluding hydrogens is 340 g/mol. The van der Waals surface area contributed by atoms with E-state index in [1.807, 2.05) is 51.1 Å². The van der Waals surface area contributed by atoms with Crippen molar-refractivity contribution in [2.75, 3.05) is 5.32 Å². The fourth-order valence-electron chi connectivity index (χ4n) is 2.31. The fourth-order valence-corrected chi connectivity index (χ4v) is 4.16. The second-order valence-electron chi connectivity index (χ2n) is 5.42. The number of fused-ring (bicyclic) bond motifs is 1. The van der Waals surface area contributed by atoms with Crippen molar-refractivity contribution in [1.29, 1.82) is 0 Å². The Labute approximate surface area is 148 Å². The Morgan fingerprint density at radius 3 is 2.58 bits per heavy atom. The molecular formula is C17H18N4OS2. The summed E-state index contributed by atoms with van der Waals surface area (Å²) in [4.78, 5) is 25.8. The quantitative estimate of drug-likeness (QED) is 0.546. The van der Waals surface area contributed by atoms with E-state index in [1.54, 1.807) is 0 Å². The van der Waals surface area contributed by atoms with Crippen LogP contribution >= 0.6 is 23.1 Å². The normalized spacial score (nSPS) is 12.3. The molecule has 7 heteroatoms. The SMILES string of the molecule is CC[C@H](Sc1nc(C)cc(C)n1)C(=O)Nc1nc2ccccc2s1. The van der Waals surface area contributed by atoms with Crippen molar-refractivity contribution < 1.29 is 4.79 Å². The number of hydrogen-bond donors (Lipinski definition) is 1. The van der Waals surface area contributed by atoms with Gasteiger partial charge in [0.2, 0.25) is 5.91 Å². The molecule has 2 aromatic heterocycles. The number of para-hydroxylation sites is 1. The van der Waals surface area contributed by atoms with Crippen molar-refractivity contribution in [3.8, 4) is 0 Å². The van der Waals surface area contributed by atoms with Gasteiger partial charge in [0.1, 0.15) is 0 Å². The molecule has 124 valence electrons. The van der Waals surface area contributed by atoms with Crippen molar-refractivity contribution in [3.63, 3.8) is 0 Å². The van der Waals surface area contributed by atoms with Crippen molar-refractivity contribution >= 4 is 44.4 Å². The number of hydrogen-bond acceptors (Lipinski definition) is 6. The van der Waals surface area contributed by atoms with Crippen molar-refractivity contribution in [2.24, 2.45) is 0 Å². The number of thiazole rings is 1. The Kier molecular flexibility index (Phi) is 5.11. The number of nitrogens with one attached hydrogen (secondary N) is 1. The molecule has 3 aromatic rings. The van der Waals surface area contributed by atoms with E-state index in [1.165, 1.54) is 23.1 Å². The summed E-state index contributed by atoms with van der Waals surface area (Å²) in [6.45, 7) is 5.85. The van der Waals surface area contributed by atoms with E-state index < -0.39 is 0 Å². The van der Waals surface area contributed by atoms with Crippen LogP contribution in [0.3, 0.4) is 0 Å². The molecule has 0 fully saturated rings. The third-order valence-electron chi connectivity index (χ3n) is 3.40. The molecule has 0 saturated carbocycles. The van der Waals surface area contributed by atoms with Crippen LogP contribution in [0.15, 0.2) is 35.5 Å². The standard InChI is InChI=1S/C17H18N4OS2/c1-4-13(23-16-18-10(2)9-11(3)19-16)15(22)21-17-20-12-7-5-6-8-14(12)24-17/h5-9,13H,4H2,1-3H3,(H,20,21,22)/t13-/m0/s1. The smallest absolute Gasteiger partial charge is 0.239 e. The predicted molar refractivity (Wildman–Crippen MR) is 99.7 cm³/mol. The number of carbonyl (C=O) groups is 1. The van der Waals surface area contributed by atoms with E-state index in [0.717, 1.165) is 21.6 Å². The van der Waals surface area contributed by atoms with Gasteiger partial charge in [-0.15, -0.1) is 0 Å². The third kappa shape index (κ3) is 3.91. The molecule has 1 N–H and O–H groups in total. The number of thioether (sulfide) groups is 1. The van der Waals surface area contributed by atoms with E-state index in [9.17, 15) is 4.79 Å². The fraction of sp³-hybridized carbons (Fsp3) is 0.294. The summed E-state index contributed by atoms with van der Waals surface area (Å²) in [7, 11) is 0. The molecule has 0 aliphatic rings. The van der Waals surface area contributed by atoms with Gasteiger partial charge < -0.3 is 5.32 Å². The van der Waals surface area contributed by atoms with Gasteiger partial charge >= 0.3 is 0 Å². The molecule has 0 aliphatic carbocycles. The molecule has 0 unspecified atom stereocenters. The van der Waals surface area contributed by atoms with Gasteiger partial charge in [-0.05, 0) is 38.5 Å². The zero-order valence-electron chi connectivity index (χ0n) is 13.7. The number of rotatable bonds is 5. The number of aromatic nitrogens is 3. The lowest BCUT2D eigenvalue weighted by molar-refractivity contribution is -0.115. The van der Waals surface area contributed by atoms with Gasteiger partial charge in [-0.25, -0.2) is 15.0 Å². The lowest BCUT2D eigenvalue weighted by Gasteiger charge is -2.13. The Balaban J connectivity index is 1.73. The maximum Gasteiger partial charge on any atom is 0.239 e. The molecule has 1 amide bonds. The van der Waals surface area contributed by atoms with Crippen molar-refractivity contribution in [1.82, 2.24) is 15.0 Å². The van der Waals surface area contributed by atoms with Gasteiger partial charge in [-0.3, -0.25) is 4.79 Å². The maximum atomic E-state index is 12.6. The zero-order valence-corrected chi connectivity index (χ0v) is 15.4. The number of anilines is 1. The summed E-state index contributed by atoms with van der Waals surface area (Å²) in [6, 6.07) is 9.77. The maximum absolute atomic E-state index is 12.6. The van der Waals surface area contributed by atoms with Gasteiger partial charge in [0.25, 0.3) is 0 Å². The van der Waals surface area contributed by atoms with E-state index >= 15 is 0 Å². The molecule has 1 aromatic carbocycles. The highest BCUT2D eigenvalue weighted by Gasteiger charge is 2.21.